The zero-order valence-electron chi connectivity index (χ0n) is 22.3. The smallest absolute Gasteiger partial charge is 0.171 e. The highest BCUT2D eigenvalue weighted by molar-refractivity contribution is 5.88. The molecule has 7 rings (SSSR count). The summed E-state index contributed by atoms with van der Waals surface area (Å²) in [6.45, 7) is 2.21. The quantitative estimate of drug-likeness (QED) is 0.545. The van der Waals surface area contributed by atoms with Crippen LogP contribution in [0.1, 0.15) is 57.4 Å². The molecule has 204 valence electrons. The molecule has 9 atom stereocenters. The summed E-state index contributed by atoms with van der Waals surface area (Å²) in [6.07, 6.45) is 2.96. The van der Waals surface area contributed by atoms with Gasteiger partial charge >= 0.3 is 0 Å². The maximum atomic E-state index is 17.2. The summed E-state index contributed by atoms with van der Waals surface area (Å²) in [5.41, 5.74) is 1.13. The third-order valence-corrected chi connectivity index (χ3v) is 11.3. The number of anilines is 1. The number of hydrogen-bond acceptors (Lipinski definition) is 6. The highest BCUT2D eigenvalue weighted by Crippen LogP contribution is 2.74. The maximum Gasteiger partial charge on any atom is 0.171 e. The fourth-order valence-electron chi connectivity index (χ4n) is 9.30. The molecule has 2 bridgehead atoms. The van der Waals surface area contributed by atoms with Crippen molar-refractivity contribution in [2.45, 2.75) is 92.7 Å². The van der Waals surface area contributed by atoms with Gasteiger partial charge in [-0.2, -0.15) is 0 Å². The molecular weight excluding hydrogens is 488 g/mol. The second kappa shape index (κ2) is 7.53. The molecule has 2 saturated carbocycles. The normalized spacial score (nSPS) is 47.5. The zero-order chi connectivity index (χ0) is 26.9. The van der Waals surface area contributed by atoms with Gasteiger partial charge < -0.3 is 25.6 Å². The van der Waals surface area contributed by atoms with E-state index in [1.54, 1.807) is 6.20 Å². The number of rotatable bonds is 2. The van der Waals surface area contributed by atoms with Gasteiger partial charge in [-0.1, -0.05) is 25.1 Å². The largest absolute Gasteiger partial charge is 0.389 e. The van der Waals surface area contributed by atoms with Crippen molar-refractivity contribution < 1.29 is 23.7 Å². The van der Waals surface area contributed by atoms with E-state index in [0.29, 0.717) is 31.5 Å². The number of nitrogens with zero attached hydrogens (tertiary/aromatic N) is 2. The lowest BCUT2D eigenvalue weighted by atomic mass is 9.51. The molecule has 2 aliphatic heterocycles. The van der Waals surface area contributed by atoms with E-state index < -0.39 is 47.2 Å². The van der Waals surface area contributed by atoms with E-state index in [0.717, 1.165) is 16.3 Å². The number of ether oxygens (including phenoxy) is 1. The first-order valence-electron chi connectivity index (χ1n) is 13.9. The SMILES string of the molecule is CN(C)[C@H]1C[C@@]23CC[C@]4(O2)C2CC=C(c5ccc6cc(N)ncc6c5)[C@@]2(C)CCC4(F)CC3(F)[C@@H](O)[C@@H]1O. The molecule has 2 aromatic rings. The molecule has 1 aromatic carbocycles. The van der Waals surface area contributed by atoms with Crippen LogP contribution in [0.2, 0.25) is 0 Å². The minimum absolute atomic E-state index is 0.144. The molecule has 0 radical (unpaired) electrons. The van der Waals surface area contributed by atoms with E-state index in [9.17, 15) is 10.2 Å². The van der Waals surface area contributed by atoms with Crippen LogP contribution in [0.5, 0.6) is 0 Å². The number of allylic oxidation sites excluding steroid dienone is 2. The summed E-state index contributed by atoms with van der Waals surface area (Å²) in [5, 5.41) is 23.9. The number of fused-ring (bicyclic) bond motifs is 2. The fraction of sp³-hybridized carbons (Fsp3) is 0.633. The van der Waals surface area contributed by atoms with Gasteiger partial charge in [0.15, 0.2) is 5.67 Å². The van der Waals surface area contributed by atoms with Crippen LogP contribution in [-0.4, -0.2) is 75.0 Å². The lowest BCUT2D eigenvalue weighted by Crippen LogP contribution is -2.78. The lowest BCUT2D eigenvalue weighted by molar-refractivity contribution is -0.347. The maximum absolute atomic E-state index is 17.2. The number of halogens is 2. The van der Waals surface area contributed by atoms with Gasteiger partial charge in [0.1, 0.15) is 28.8 Å². The third-order valence-electron chi connectivity index (χ3n) is 11.3. The molecule has 2 spiro atoms. The molecule has 0 amide bonds. The monoisotopic (exact) mass is 525 g/mol. The Morgan fingerprint density at radius 1 is 1.08 bits per heavy atom. The Balaban J connectivity index is 1.28. The van der Waals surface area contributed by atoms with Crippen molar-refractivity contribution in [2.24, 2.45) is 11.3 Å². The number of benzene rings is 1. The molecule has 3 aliphatic carbocycles. The summed E-state index contributed by atoms with van der Waals surface area (Å²) in [6, 6.07) is 7.67. The number of aromatic nitrogens is 1. The predicted octanol–water partition coefficient (Wildman–Crippen LogP) is 4.18. The van der Waals surface area contributed by atoms with Gasteiger partial charge in [0.25, 0.3) is 0 Å². The van der Waals surface area contributed by atoms with Gasteiger partial charge in [-0.05, 0) is 86.7 Å². The van der Waals surface area contributed by atoms with Crippen LogP contribution in [0.25, 0.3) is 16.3 Å². The minimum atomic E-state index is -2.33. The van der Waals surface area contributed by atoms with Gasteiger partial charge in [-0.15, -0.1) is 0 Å². The fourth-order valence-corrected chi connectivity index (χ4v) is 9.30. The van der Waals surface area contributed by atoms with Crippen LogP contribution in [0.4, 0.5) is 14.6 Å². The van der Waals surface area contributed by atoms with Crippen LogP contribution in [-0.2, 0) is 4.74 Å². The van der Waals surface area contributed by atoms with E-state index in [4.69, 9.17) is 10.5 Å². The molecule has 1 aromatic heterocycles. The molecule has 6 nitrogen and oxygen atoms in total. The van der Waals surface area contributed by atoms with Crippen molar-refractivity contribution in [3.63, 3.8) is 0 Å². The Hall–Kier alpha value is -2.13. The summed E-state index contributed by atoms with van der Waals surface area (Å²) in [4.78, 5) is 6.07. The van der Waals surface area contributed by atoms with Crippen LogP contribution in [0.3, 0.4) is 0 Å². The van der Waals surface area contributed by atoms with Crippen LogP contribution in [0, 0.1) is 11.3 Å². The Morgan fingerprint density at radius 3 is 2.63 bits per heavy atom. The van der Waals surface area contributed by atoms with E-state index in [1.165, 1.54) is 5.57 Å². The number of hydrogen-bond donors (Lipinski definition) is 3. The van der Waals surface area contributed by atoms with Crippen LogP contribution in [0.15, 0.2) is 36.5 Å². The first-order chi connectivity index (χ1) is 17.9. The van der Waals surface area contributed by atoms with E-state index in [1.807, 2.05) is 25.1 Å². The van der Waals surface area contributed by atoms with Crippen LogP contribution < -0.4 is 5.73 Å². The summed E-state index contributed by atoms with van der Waals surface area (Å²) in [5.74, 6) is 0.336. The molecule has 3 heterocycles. The Bertz CT molecular complexity index is 1370. The van der Waals surface area contributed by atoms with Crippen molar-refractivity contribution in [3.8, 4) is 0 Å². The Morgan fingerprint density at radius 2 is 1.87 bits per heavy atom. The Labute approximate surface area is 221 Å². The lowest BCUT2D eigenvalue weighted by Gasteiger charge is -2.65. The van der Waals surface area contributed by atoms with E-state index in [-0.39, 0.29) is 24.2 Å². The number of aliphatic hydroxyl groups excluding tert-OH is 2. The molecule has 4 fully saturated rings. The van der Waals surface area contributed by atoms with E-state index in [2.05, 4.69) is 36.2 Å². The number of likely N-dealkylation sites (N-methyl/N-ethyl adjacent to an activating group) is 1. The van der Waals surface area contributed by atoms with Crippen molar-refractivity contribution >= 4 is 22.2 Å². The molecule has 38 heavy (non-hydrogen) atoms. The molecular formula is C30H37F2N3O3. The van der Waals surface area contributed by atoms with Crippen molar-refractivity contribution in [3.05, 3.63) is 42.1 Å². The summed E-state index contributed by atoms with van der Waals surface area (Å²) in [7, 11) is 3.63. The highest BCUT2D eigenvalue weighted by atomic mass is 19.2. The third kappa shape index (κ3) is 2.82. The molecule has 3 unspecified atom stereocenters. The van der Waals surface area contributed by atoms with E-state index >= 15 is 8.78 Å². The molecule has 2 saturated heterocycles. The summed E-state index contributed by atoms with van der Waals surface area (Å²) >= 11 is 0. The van der Waals surface area contributed by atoms with Gasteiger partial charge in [-0.25, -0.2) is 13.8 Å². The number of alkyl halides is 2. The average molecular weight is 526 g/mol. The first-order valence-corrected chi connectivity index (χ1v) is 13.9. The number of nitrogens with two attached hydrogens (primary N) is 1. The second-order valence-corrected chi connectivity index (χ2v) is 13.2. The molecule has 4 N–H and O–H groups in total. The summed E-state index contributed by atoms with van der Waals surface area (Å²) < 4.78 is 41.0. The highest BCUT2D eigenvalue weighted by Gasteiger charge is 2.82. The topological polar surface area (TPSA) is 91.8 Å². The van der Waals surface area contributed by atoms with Crippen molar-refractivity contribution in [2.75, 3.05) is 19.8 Å². The van der Waals surface area contributed by atoms with Gasteiger partial charge in [0.2, 0.25) is 0 Å². The average Bonchev–Trinajstić information content (AvgIpc) is 3.42. The zero-order valence-corrected chi connectivity index (χ0v) is 22.3. The Kier molecular flexibility index (Phi) is 4.93. The second-order valence-electron chi connectivity index (χ2n) is 13.2. The number of aliphatic hydroxyl groups is 2. The minimum Gasteiger partial charge on any atom is -0.389 e. The first kappa shape index (κ1) is 24.9. The number of nitrogen functional groups attached to an aromatic ring is 1. The van der Waals surface area contributed by atoms with Crippen molar-refractivity contribution in [1.29, 1.82) is 0 Å². The van der Waals surface area contributed by atoms with Crippen molar-refractivity contribution in [1.82, 2.24) is 9.88 Å². The molecule has 8 heteroatoms. The van der Waals surface area contributed by atoms with Gasteiger partial charge in [0.05, 0.1) is 6.10 Å². The predicted molar refractivity (Wildman–Crippen MR) is 142 cm³/mol. The number of pyridine rings is 1. The molecule has 5 aliphatic rings. The standard InChI is InChI=1S/C30H37F2N3O3/c1-26-8-9-27(31)16-29(32)25(37)24(36)21(35(2)3)14-28(29)10-11-30(27,38-28)22(26)7-6-20(26)18-5-4-17-13-23(33)34-15-19(17)12-18/h4-6,12-13,15,21-22,24-25,36-37H,7-11,14,16H2,1-3H3,(H2,33,34)/t21-,22?,24+,25-,26+,27?,28+,29?,30-/m0/s1. The van der Waals surface area contributed by atoms with Gasteiger partial charge in [0, 0.05) is 30.0 Å². The van der Waals surface area contributed by atoms with Gasteiger partial charge in [-0.3, -0.25) is 0 Å². The van der Waals surface area contributed by atoms with Crippen LogP contribution >= 0.6 is 0 Å².